The number of methoxy groups -OCH3 is 1. The first kappa shape index (κ1) is 52.6. The molecule has 0 aliphatic heterocycles. The second kappa shape index (κ2) is 14.8. The Hall–Kier alpha value is -10.4. The lowest BCUT2D eigenvalue weighted by Crippen LogP contribution is -2.41. The number of ether oxygens (including phenoxy) is 2. The summed E-state index contributed by atoms with van der Waals surface area (Å²) in [6.07, 6.45) is 26.7. The van der Waals surface area contributed by atoms with Crippen LogP contribution in [0.4, 0.5) is 0 Å². The number of benzene rings is 14. The average molecular weight is 1390 g/mol. The fourth-order valence-electron chi connectivity index (χ4n) is 35.1. The molecule has 4 nitrogen and oxygen atoms in total. The van der Waals surface area contributed by atoms with Crippen molar-refractivity contribution in [3.63, 3.8) is 0 Å². The van der Waals surface area contributed by atoms with Gasteiger partial charge in [-0.05, 0) is 390 Å². The van der Waals surface area contributed by atoms with Gasteiger partial charge in [0.2, 0.25) is 0 Å². The van der Waals surface area contributed by atoms with E-state index >= 15 is 0 Å². The molecular weight excluding hydrogens is 1330 g/mol. The van der Waals surface area contributed by atoms with Crippen LogP contribution in [0.1, 0.15) is 232 Å². The SMILES string of the molecule is CCCCOC(=O)CCCC1(c2cccc(C34C=C5Cc6cc7c8c9c%10c%11c%12c%13c%14c%15c(c%16c%17c%18c(c5c6c8c%18c9c%12c%14%17)C%163)=C(CC%15CC%13=CC%11CC%103C7C3(CCCC(=O)OC)c3ccccc3)C4)c2)C2c3cc4c5c6c7c8c9c%10c%11c%12c(cc%13cc%14c%15c(c%16c3c5c8c%16c3c%15c%13c%12c93)C21C=%14)CC=%11CC(C=C6C4)C7%10. The molecule has 4 heteroatoms. The Kier molecular flexibility index (Phi) is 7.17. The lowest BCUT2D eigenvalue weighted by Gasteiger charge is -2.46. The van der Waals surface area contributed by atoms with Crippen LogP contribution in [-0.4, -0.2) is 25.7 Å². The molecule has 0 radical (unpaired) electrons. The number of hydrogen-bond donors (Lipinski definition) is 0. The maximum absolute atomic E-state index is 14.5. The van der Waals surface area contributed by atoms with Crippen LogP contribution in [0, 0.1) is 5.92 Å². The lowest BCUT2D eigenvalue weighted by atomic mass is 9.56. The Balaban J connectivity index is 0.638. The van der Waals surface area contributed by atoms with Crippen molar-refractivity contribution in [2.24, 2.45) is 5.92 Å². The quantitative estimate of drug-likeness (QED) is 0.0618. The predicted molar refractivity (Wildman–Crippen MR) is 436 cm³/mol. The highest BCUT2D eigenvalue weighted by Gasteiger charge is 2.83. The third kappa shape index (κ3) is 4.31. The summed E-state index contributed by atoms with van der Waals surface area (Å²) in [6, 6.07) is 33.8. The van der Waals surface area contributed by atoms with Crippen molar-refractivity contribution in [3.05, 3.63) is 218 Å². The van der Waals surface area contributed by atoms with Gasteiger partial charge in [-0.3, -0.25) is 9.59 Å². The summed E-state index contributed by atoms with van der Waals surface area (Å²) in [5.74, 6) is 2.40. The monoisotopic (exact) mass is 1390 g/mol. The van der Waals surface area contributed by atoms with Crippen molar-refractivity contribution in [3.8, 4) is 0 Å². The second-order valence-electron chi connectivity index (χ2n) is 39.5. The highest BCUT2D eigenvalue weighted by Crippen LogP contribution is 2.89. The summed E-state index contributed by atoms with van der Waals surface area (Å²) >= 11 is 0. The van der Waals surface area contributed by atoms with Crippen molar-refractivity contribution < 1.29 is 19.1 Å². The molecule has 0 amide bonds. The molecule has 36 rings (SSSR count). The largest absolute Gasteiger partial charge is 0.469 e. The maximum atomic E-state index is 14.5. The van der Waals surface area contributed by atoms with Crippen LogP contribution in [0.3, 0.4) is 0 Å². The highest BCUT2D eigenvalue weighted by molar-refractivity contribution is 6.59. The van der Waals surface area contributed by atoms with Crippen molar-refractivity contribution in [1.82, 2.24) is 0 Å². The van der Waals surface area contributed by atoms with E-state index in [1.54, 1.807) is 280 Å². The fraction of sp³-hybridized carbons (Fsp3) is 0.295. The molecule has 2 fully saturated rings. The van der Waals surface area contributed by atoms with Crippen molar-refractivity contribution in [2.45, 2.75) is 172 Å². The summed E-state index contributed by atoms with van der Waals surface area (Å²) in [5, 5.41) is 50.2. The molecule has 109 heavy (non-hydrogen) atoms. The normalized spacial score (nSPS) is 30.5. The summed E-state index contributed by atoms with van der Waals surface area (Å²) in [4.78, 5) is 27.8. The van der Waals surface area contributed by atoms with Gasteiger partial charge in [-0.25, -0.2) is 0 Å². The van der Waals surface area contributed by atoms with Gasteiger partial charge in [0, 0.05) is 69.5 Å². The lowest BCUT2D eigenvalue weighted by molar-refractivity contribution is -0.144. The zero-order chi connectivity index (χ0) is 68.9. The number of carbonyl (C=O) groups excluding carboxylic acids is 2. The van der Waals surface area contributed by atoms with Crippen LogP contribution in [0.2, 0.25) is 0 Å². The molecule has 18 aromatic rings. The molecule has 0 N–H and O–H groups in total. The molecule has 18 aliphatic rings. The maximum Gasteiger partial charge on any atom is 0.305 e. The molecular formula is C105H64O4. The number of esters is 2. The molecule has 2 saturated carbocycles. The molecule has 508 valence electrons. The van der Waals surface area contributed by atoms with Crippen LogP contribution < -0.4 is 15.7 Å². The fourth-order valence-corrected chi connectivity index (χ4v) is 35.1. The van der Waals surface area contributed by atoms with E-state index in [0.717, 1.165) is 83.5 Å². The number of carbonyl (C=O) groups is 2. The molecule has 0 saturated heterocycles. The van der Waals surface area contributed by atoms with Gasteiger partial charge in [0.15, 0.2) is 0 Å². The molecule has 18 aromatic carbocycles. The van der Waals surface area contributed by atoms with E-state index in [2.05, 4.69) is 110 Å². The van der Waals surface area contributed by atoms with Gasteiger partial charge in [0.25, 0.3) is 0 Å². The molecule has 12 atom stereocenters. The van der Waals surface area contributed by atoms with Gasteiger partial charge in [0.05, 0.1) is 13.7 Å². The topological polar surface area (TPSA) is 52.6 Å². The Morgan fingerprint density at radius 1 is 0.477 bits per heavy atom. The van der Waals surface area contributed by atoms with Crippen molar-refractivity contribution in [1.29, 1.82) is 0 Å². The molecule has 0 heterocycles. The van der Waals surface area contributed by atoms with E-state index in [-0.39, 0.29) is 50.8 Å². The number of rotatable bonds is 14. The van der Waals surface area contributed by atoms with E-state index in [0.29, 0.717) is 49.0 Å². The Morgan fingerprint density at radius 3 is 2.00 bits per heavy atom. The minimum atomic E-state index is -0.349. The first-order valence-corrected chi connectivity index (χ1v) is 42.3. The molecule has 0 bridgehead atoms. The minimum Gasteiger partial charge on any atom is -0.469 e. The predicted octanol–water partition coefficient (Wildman–Crippen LogP) is 21.1. The summed E-state index contributed by atoms with van der Waals surface area (Å²) in [5.41, 5.74) is 38.2. The van der Waals surface area contributed by atoms with Crippen LogP contribution in [0.15, 0.2) is 97.1 Å². The summed E-state index contributed by atoms with van der Waals surface area (Å²) in [7, 11) is 1.57. The zero-order valence-corrected chi connectivity index (χ0v) is 60.5. The number of allylic oxidation sites excluding steroid dienone is 6. The first-order valence-electron chi connectivity index (χ1n) is 42.3. The summed E-state index contributed by atoms with van der Waals surface area (Å²) in [6.45, 7) is 2.70. The van der Waals surface area contributed by atoms with Crippen molar-refractivity contribution in [2.75, 3.05) is 13.7 Å². The number of hydrogen-bond acceptors (Lipinski definition) is 4. The van der Waals surface area contributed by atoms with E-state index in [1.807, 2.05) is 0 Å². The van der Waals surface area contributed by atoms with E-state index in [9.17, 15) is 9.59 Å². The number of unbranched alkanes of at least 4 members (excludes halogenated alkanes) is 1. The van der Waals surface area contributed by atoms with Gasteiger partial charge >= 0.3 is 11.9 Å². The second-order valence-corrected chi connectivity index (χ2v) is 39.5. The Morgan fingerprint density at radius 2 is 1.16 bits per heavy atom. The zero-order valence-electron chi connectivity index (χ0n) is 60.5. The Labute approximate surface area is 622 Å². The minimum absolute atomic E-state index is 0.0307. The van der Waals surface area contributed by atoms with Gasteiger partial charge in [0.1, 0.15) is 0 Å². The molecule has 2 spiro atoms. The smallest absolute Gasteiger partial charge is 0.305 e. The third-order valence-electron chi connectivity index (χ3n) is 36.9. The van der Waals surface area contributed by atoms with Crippen LogP contribution in [-0.2, 0) is 65.4 Å². The summed E-state index contributed by atoms with van der Waals surface area (Å²) < 4.78 is 11.6. The van der Waals surface area contributed by atoms with E-state index < -0.39 is 0 Å². The average Bonchev–Trinajstić information content (AvgIpc) is 1.41. The van der Waals surface area contributed by atoms with Gasteiger partial charge in [-0.15, -0.1) is 0 Å². The standard InChI is InChI=1S/C105H64O4/c1-3-4-19-109-56(107)16-10-18-103(100-54-30-44-25-39-22-40-21-37-20-38-23-42-27-49-36-105(100,103)98-69(49)76-64(42)74-58(38)57(37)72-63(40)73-59(39)61(44)78-71(54)94(98)88-84(76)81(74)80(72)82(73)86(78)88)52-14-8-13-51(32-52)101-33-46-26-41-24-43-28-48-35-104-97-68(48)77-65(43)75-60(41)66(46)92-90-83(75)85(77)89-87-79-62-45(29-47(34-101)67(62)93(91(87)90)96(92)101)31-53(70(79)95(89)97)99(104)102(104,17-9-15-55(106)108-2)50-11-6-5-7-12-50/h5-8,11-14,22-23,27-28,30-32,34,36,40-41,48,63,96,99-100H,3-4,9-10,15-21,24-26,29,33,35H2,1-2H3. The molecule has 0 aromatic heterocycles. The molecule has 12 unspecified atom stereocenters. The Bertz CT molecular complexity index is 8450. The van der Waals surface area contributed by atoms with Gasteiger partial charge in [-0.1, -0.05) is 122 Å². The highest BCUT2D eigenvalue weighted by atomic mass is 16.5. The van der Waals surface area contributed by atoms with Gasteiger partial charge in [-0.2, -0.15) is 0 Å². The molecule has 18 aliphatic carbocycles. The first-order chi connectivity index (χ1) is 53.8. The van der Waals surface area contributed by atoms with Crippen LogP contribution in [0.5, 0.6) is 0 Å². The van der Waals surface area contributed by atoms with Crippen LogP contribution >= 0.6 is 0 Å². The van der Waals surface area contributed by atoms with E-state index in [1.165, 1.54) is 33.7 Å². The third-order valence-corrected chi connectivity index (χ3v) is 36.9. The van der Waals surface area contributed by atoms with Crippen LogP contribution in [0.25, 0.3) is 185 Å². The van der Waals surface area contributed by atoms with Crippen molar-refractivity contribution >= 4 is 197 Å². The van der Waals surface area contributed by atoms with Gasteiger partial charge < -0.3 is 9.47 Å². The number of fused-ring (bicyclic) bond motifs is 2. The van der Waals surface area contributed by atoms with E-state index in [4.69, 9.17) is 9.47 Å².